The standard InChI is InChI=1S/C30H33N3O3/c34-26(20-36-29-11-5-10-28-27(29)14-15-30(35)31-28)19-32-17-25-9-4-3-8-24(32)18-33(25)23-13-12-21-6-1-2-7-22(21)16-23/h1-7,10-13,16,24-26,34H,8-9,14-15,17-20H2,(H,31,35)/b4-3-. The molecule has 186 valence electrons. The summed E-state index contributed by atoms with van der Waals surface area (Å²) in [6, 6.07) is 21.7. The summed E-state index contributed by atoms with van der Waals surface area (Å²) < 4.78 is 6.06. The SMILES string of the molecule is O=C1CCc2c(cccc2OCC(O)CN2CC3C/C=C\CC2CN3c2ccc3ccccc3c2)N1. The predicted molar refractivity (Wildman–Crippen MR) is 144 cm³/mol. The van der Waals surface area contributed by atoms with Gasteiger partial charge in [-0.05, 0) is 54.3 Å². The van der Waals surface area contributed by atoms with E-state index in [-0.39, 0.29) is 12.5 Å². The van der Waals surface area contributed by atoms with Crippen molar-refractivity contribution in [1.29, 1.82) is 0 Å². The molecular weight excluding hydrogens is 450 g/mol. The average Bonchev–Trinajstić information content (AvgIpc) is 2.87. The lowest BCUT2D eigenvalue weighted by atomic mass is 9.96. The Labute approximate surface area is 212 Å². The van der Waals surface area contributed by atoms with Crippen molar-refractivity contribution in [1.82, 2.24) is 4.90 Å². The number of ether oxygens (including phenoxy) is 1. The number of carbonyl (C=O) groups is 1. The molecule has 1 amide bonds. The highest BCUT2D eigenvalue weighted by Crippen LogP contribution is 2.32. The topological polar surface area (TPSA) is 65.0 Å². The van der Waals surface area contributed by atoms with Gasteiger partial charge < -0.3 is 20.1 Å². The maximum atomic E-state index is 11.7. The molecule has 3 atom stereocenters. The molecule has 0 spiro atoms. The monoisotopic (exact) mass is 483 g/mol. The van der Waals surface area contributed by atoms with Gasteiger partial charge in [0.25, 0.3) is 0 Å². The number of rotatable bonds is 6. The fourth-order valence-corrected chi connectivity index (χ4v) is 5.87. The van der Waals surface area contributed by atoms with E-state index < -0.39 is 6.10 Å². The molecule has 6 heteroatoms. The van der Waals surface area contributed by atoms with E-state index in [0.717, 1.165) is 42.9 Å². The number of piperazine rings is 1. The average molecular weight is 484 g/mol. The number of anilines is 2. The first kappa shape index (κ1) is 23.1. The first-order valence-corrected chi connectivity index (χ1v) is 13.0. The number of aliphatic hydroxyl groups excluding tert-OH is 1. The zero-order valence-electron chi connectivity index (χ0n) is 20.5. The minimum Gasteiger partial charge on any atom is -0.490 e. The van der Waals surface area contributed by atoms with E-state index in [0.29, 0.717) is 31.5 Å². The Hall–Kier alpha value is -3.35. The minimum absolute atomic E-state index is 0.0404. The van der Waals surface area contributed by atoms with E-state index in [9.17, 15) is 9.90 Å². The second-order valence-corrected chi connectivity index (χ2v) is 10.2. The maximum Gasteiger partial charge on any atom is 0.224 e. The summed E-state index contributed by atoms with van der Waals surface area (Å²) in [5, 5.41) is 16.4. The molecule has 1 saturated heterocycles. The van der Waals surface area contributed by atoms with Gasteiger partial charge >= 0.3 is 0 Å². The van der Waals surface area contributed by atoms with Crippen LogP contribution >= 0.6 is 0 Å². The van der Waals surface area contributed by atoms with Crippen LogP contribution < -0.4 is 15.0 Å². The van der Waals surface area contributed by atoms with E-state index in [1.165, 1.54) is 16.5 Å². The maximum absolute atomic E-state index is 11.7. The predicted octanol–water partition coefficient (Wildman–Crippen LogP) is 4.37. The lowest BCUT2D eigenvalue weighted by Crippen LogP contribution is -2.60. The van der Waals surface area contributed by atoms with E-state index in [4.69, 9.17) is 4.74 Å². The fourth-order valence-electron chi connectivity index (χ4n) is 5.87. The number of fused-ring (bicyclic) bond motifs is 6. The van der Waals surface area contributed by atoms with Gasteiger partial charge in [0, 0.05) is 55.1 Å². The number of hydrogen-bond donors (Lipinski definition) is 2. The summed E-state index contributed by atoms with van der Waals surface area (Å²) in [7, 11) is 0. The Balaban J connectivity index is 1.12. The van der Waals surface area contributed by atoms with Gasteiger partial charge in [-0.2, -0.15) is 0 Å². The van der Waals surface area contributed by atoms with Crippen molar-refractivity contribution in [2.24, 2.45) is 0 Å². The molecule has 2 bridgehead atoms. The van der Waals surface area contributed by atoms with Crippen LogP contribution in [0.5, 0.6) is 5.75 Å². The van der Waals surface area contributed by atoms with Crippen LogP contribution in [0.15, 0.2) is 72.8 Å². The highest BCUT2D eigenvalue weighted by Gasteiger charge is 2.35. The second-order valence-electron chi connectivity index (χ2n) is 10.2. The number of hydrogen-bond acceptors (Lipinski definition) is 5. The van der Waals surface area contributed by atoms with E-state index in [1.807, 2.05) is 18.2 Å². The van der Waals surface area contributed by atoms with Gasteiger partial charge in [0.15, 0.2) is 0 Å². The van der Waals surface area contributed by atoms with Crippen molar-refractivity contribution in [3.8, 4) is 5.75 Å². The molecule has 7 rings (SSSR count). The highest BCUT2D eigenvalue weighted by molar-refractivity contribution is 5.94. The molecule has 4 aliphatic heterocycles. The summed E-state index contributed by atoms with van der Waals surface area (Å²) >= 11 is 0. The van der Waals surface area contributed by atoms with E-state index in [1.54, 1.807) is 0 Å². The molecule has 0 saturated carbocycles. The zero-order chi connectivity index (χ0) is 24.5. The van der Waals surface area contributed by atoms with Crippen molar-refractivity contribution in [3.05, 3.63) is 78.4 Å². The molecule has 2 N–H and O–H groups in total. The van der Waals surface area contributed by atoms with Crippen molar-refractivity contribution >= 4 is 28.1 Å². The van der Waals surface area contributed by atoms with Crippen LogP contribution in [0.1, 0.15) is 24.8 Å². The Morgan fingerprint density at radius 3 is 2.67 bits per heavy atom. The molecule has 3 aromatic rings. The van der Waals surface area contributed by atoms with E-state index in [2.05, 4.69) is 69.7 Å². The fraction of sp³-hybridized carbons (Fsp3) is 0.367. The number of benzene rings is 3. The number of nitrogens with zero attached hydrogens (tertiary/aromatic N) is 2. The Bertz CT molecular complexity index is 1290. The highest BCUT2D eigenvalue weighted by atomic mass is 16.5. The van der Waals surface area contributed by atoms with Crippen LogP contribution in [-0.2, 0) is 11.2 Å². The Morgan fingerprint density at radius 1 is 0.944 bits per heavy atom. The quantitative estimate of drug-likeness (QED) is 0.510. The summed E-state index contributed by atoms with van der Waals surface area (Å²) in [5.41, 5.74) is 3.12. The minimum atomic E-state index is -0.585. The Morgan fingerprint density at radius 2 is 1.78 bits per heavy atom. The number of nitrogens with one attached hydrogen (secondary N) is 1. The van der Waals surface area contributed by atoms with Crippen LogP contribution in [0.3, 0.4) is 0 Å². The molecule has 0 radical (unpaired) electrons. The molecule has 6 nitrogen and oxygen atoms in total. The Kier molecular flexibility index (Phi) is 6.38. The van der Waals surface area contributed by atoms with Crippen LogP contribution in [0.2, 0.25) is 0 Å². The van der Waals surface area contributed by atoms with Crippen molar-refractivity contribution < 1.29 is 14.6 Å². The van der Waals surface area contributed by atoms with Crippen LogP contribution in [0, 0.1) is 0 Å². The normalized spacial score (nSPS) is 23.5. The molecule has 3 aromatic carbocycles. The van der Waals surface area contributed by atoms with Crippen LogP contribution in [0.4, 0.5) is 11.4 Å². The lowest BCUT2D eigenvalue weighted by Gasteiger charge is -2.48. The van der Waals surface area contributed by atoms with Gasteiger partial charge in [-0.3, -0.25) is 9.69 Å². The molecular formula is C30H33N3O3. The summed E-state index contributed by atoms with van der Waals surface area (Å²) in [6.07, 6.45) is 7.15. The number of amides is 1. The van der Waals surface area contributed by atoms with Gasteiger partial charge in [0.1, 0.15) is 18.5 Å². The van der Waals surface area contributed by atoms with Gasteiger partial charge in [-0.15, -0.1) is 0 Å². The van der Waals surface area contributed by atoms with Gasteiger partial charge in [-0.25, -0.2) is 0 Å². The zero-order valence-corrected chi connectivity index (χ0v) is 20.5. The number of carbonyl (C=O) groups excluding carboxylic acids is 1. The van der Waals surface area contributed by atoms with Gasteiger partial charge in [0.2, 0.25) is 5.91 Å². The smallest absolute Gasteiger partial charge is 0.224 e. The molecule has 1 fully saturated rings. The first-order valence-electron chi connectivity index (χ1n) is 13.0. The van der Waals surface area contributed by atoms with E-state index >= 15 is 0 Å². The largest absolute Gasteiger partial charge is 0.490 e. The first-order chi connectivity index (χ1) is 17.6. The molecule has 0 aliphatic carbocycles. The summed E-state index contributed by atoms with van der Waals surface area (Å²) in [6.45, 7) is 2.70. The molecule has 0 aromatic heterocycles. The van der Waals surface area contributed by atoms with Crippen LogP contribution in [0.25, 0.3) is 10.8 Å². The third-order valence-electron chi connectivity index (χ3n) is 7.74. The van der Waals surface area contributed by atoms with Gasteiger partial charge in [-0.1, -0.05) is 48.6 Å². The third kappa shape index (κ3) is 4.71. The molecule has 4 heterocycles. The molecule has 36 heavy (non-hydrogen) atoms. The second kappa shape index (κ2) is 9.96. The molecule has 4 aliphatic rings. The van der Waals surface area contributed by atoms with Gasteiger partial charge in [0.05, 0.1) is 0 Å². The van der Waals surface area contributed by atoms with Crippen molar-refractivity contribution in [2.45, 2.75) is 43.9 Å². The number of aliphatic hydroxyl groups is 1. The molecule has 3 unspecified atom stereocenters. The summed E-state index contributed by atoms with van der Waals surface area (Å²) in [4.78, 5) is 16.7. The van der Waals surface area contributed by atoms with Crippen molar-refractivity contribution in [3.63, 3.8) is 0 Å². The third-order valence-corrected chi connectivity index (χ3v) is 7.74. The lowest BCUT2D eigenvalue weighted by molar-refractivity contribution is -0.116. The summed E-state index contributed by atoms with van der Waals surface area (Å²) in [5.74, 6) is 0.796. The van der Waals surface area contributed by atoms with Crippen molar-refractivity contribution in [2.75, 3.05) is 36.5 Å². The van der Waals surface area contributed by atoms with Crippen LogP contribution in [-0.4, -0.2) is 60.3 Å².